The average molecular weight is 224 g/mol. The Balaban J connectivity index is 2.90. The number of nitrogens with zero attached hydrogens (tertiary/aromatic N) is 2. The van der Waals surface area contributed by atoms with Gasteiger partial charge in [0.25, 0.3) is 0 Å². The molecule has 0 saturated carbocycles. The van der Waals surface area contributed by atoms with E-state index in [0.717, 1.165) is 0 Å². The number of ether oxygens (including phenoxy) is 1. The molecule has 1 aliphatic heterocycles. The minimum absolute atomic E-state index is 0.371. The van der Waals surface area contributed by atoms with Crippen LogP contribution < -0.4 is 0 Å². The molecule has 0 aromatic rings. The van der Waals surface area contributed by atoms with Crippen LogP contribution in [0.4, 0.5) is 13.2 Å². The van der Waals surface area contributed by atoms with E-state index in [-0.39, 0.29) is 5.92 Å². The van der Waals surface area contributed by atoms with E-state index in [9.17, 15) is 13.2 Å². The van der Waals surface area contributed by atoms with E-state index in [4.69, 9.17) is 4.74 Å². The molecule has 0 spiro atoms. The number of rotatable bonds is 2. The summed E-state index contributed by atoms with van der Waals surface area (Å²) in [5, 5.41) is 7.42. The van der Waals surface area contributed by atoms with Crippen molar-refractivity contribution >= 4 is 0 Å². The summed E-state index contributed by atoms with van der Waals surface area (Å²) < 4.78 is 42.5. The molecule has 0 aromatic heterocycles. The number of azo groups is 1. The quantitative estimate of drug-likeness (QED) is 0.706. The Labute approximate surface area is 86.7 Å². The van der Waals surface area contributed by atoms with Crippen LogP contribution in [-0.4, -0.2) is 17.6 Å². The molecule has 0 aliphatic carbocycles. The highest BCUT2D eigenvalue weighted by molar-refractivity contribution is 4.90. The van der Waals surface area contributed by atoms with Crippen molar-refractivity contribution < 1.29 is 17.9 Å². The smallest absolute Gasteiger partial charge is 0.323 e. The second-order valence-corrected chi connectivity index (χ2v) is 4.54. The van der Waals surface area contributed by atoms with Crippen LogP contribution in [0.25, 0.3) is 0 Å². The van der Waals surface area contributed by atoms with E-state index < -0.39 is 24.0 Å². The second-order valence-electron chi connectivity index (χ2n) is 4.54. The molecule has 1 rings (SSSR count). The van der Waals surface area contributed by atoms with Crippen molar-refractivity contribution in [2.45, 2.75) is 51.7 Å². The number of hydrogen-bond acceptors (Lipinski definition) is 3. The second kappa shape index (κ2) is 3.43. The van der Waals surface area contributed by atoms with Crippen molar-refractivity contribution in [3.05, 3.63) is 0 Å². The maximum Gasteiger partial charge on any atom is 0.393 e. The Bertz CT molecular complexity index is 273. The van der Waals surface area contributed by atoms with Gasteiger partial charge in [0.15, 0.2) is 11.4 Å². The zero-order chi connectivity index (χ0) is 11.9. The van der Waals surface area contributed by atoms with Gasteiger partial charge < -0.3 is 4.74 Å². The molecule has 0 radical (unpaired) electrons. The van der Waals surface area contributed by atoms with Gasteiger partial charge in [-0.05, 0) is 13.8 Å². The number of hydrogen-bond donors (Lipinski definition) is 0. The minimum atomic E-state index is -4.30. The average Bonchev–Trinajstić information content (AvgIpc) is 2.23. The molecule has 0 saturated heterocycles. The van der Waals surface area contributed by atoms with Gasteiger partial charge in [-0.25, -0.2) is 0 Å². The van der Waals surface area contributed by atoms with Gasteiger partial charge in [-0.15, -0.1) is 0 Å². The van der Waals surface area contributed by atoms with Gasteiger partial charge in [-0.3, -0.25) is 0 Å². The zero-order valence-electron chi connectivity index (χ0n) is 9.22. The van der Waals surface area contributed by atoms with Crippen LogP contribution in [0.3, 0.4) is 0 Å². The van der Waals surface area contributed by atoms with E-state index in [1.165, 1.54) is 0 Å². The molecule has 0 amide bonds. The normalized spacial score (nSPS) is 30.1. The summed E-state index contributed by atoms with van der Waals surface area (Å²) in [5.41, 5.74) is -2.52. The van der Waals surface area contributed by atoms with Crippen LogP contribution >= 0.6 is 0 Å². The Morgan fingerprint density at radius 2 is 1.73 bits per heavy atom. The third kappa shape index (κ3) is 2.90. The Morgan fingerprint density at radius 1 is 1.20 bits per heavy atom. The standard InChI is InChI=1S/C9H15F3N2O/c1-6(2)8(5-9(10,11)12)14-13-7(3,4)15-8/h6H,5H2,1-4H3. The molecular weight excluding hydrogens is 209 g/mol. The first-order valence-electron chi connectivity index (χ1n) is 4.77. The Kier molecular flexibility index (Phi) is 2.84. The maximum absolute atomic E-state index is 12.4. The maximum atomic E-state index is 12.4. The van der Waals surface area contributed by atoms with Crippen LogP contribution in [-0.2, 0) is 4.74 Å². The van der Waals surface area contributed by atoms with Gasteiger partial charge in [-0.2, -0.15) is 23.4 Å². The summed E-state index contributed by atoms with van der Waals surface area (Å²) in [6.45, 7) is 6.48. The van der Waals surface area contributed by atoms with Crippen LogP contribution in [0, 0.1) is 5.92 Å². The zero-order valence-corrected chi connectivity index (χ0v) is 9.22. The molecule has 6 heteroatoms. The fourth-order valence-electron chi connectivity index (χ4n) is 1.47. The largest absolute Gasteiger partial charge is 0.393 e. The van der Waals surface area contributed by atoms with Gasteiger partial charge in [0.1, 0.15) is 0 Å². The highest BCUT2D eigenvalue weighted by Gasteiger charge is 2.52. The summed E-state index contributed by atoms with van der Waals surface area (Å²) in [6, 6.07) is 0. The van der Waals surface area contributed by atoms with Gasteiger partial charge in [0.2, 0.25) is 0 Å². The lowest BCUT2D eigenvalue weighted by molar-refractivity contribution is -0.210. The third-order valence-electron chi connectivity index (χ3n) is 2.24. The number of alkyl halides is 3. The predicted molar refractivity (Wildman–Crippen MR) is 48.3 cm³/mol. The molecule has 0 aromatic carbocycles. The van der Waals surface area contributed by atoms with Crippen LogP contribution in [0.5, 0.6) is 0 Å². The van der Waals surface area contributed by atoms with Crippen molar-refractivity contribution in [2.24, 2.45) is 16.1 Å². The first kappa shape index (κ1) is 12.4. The predicted octanol–water partition coefficient (Wildman–Crippen LogP) is 3.51. The molecule has 0 bridgehead atoms. The molecule has 15 heavy (non-hydrogen) atoms. The van der Waals surface area contributed by atoms with Crippen molar-refractivity contribution in [3.63, 3.8) is 0 Å². The summed E-state index contributed by atoms with van der Waals surface area (Å²) in [4.78, 5) is 0. The summed E-state index contributed by atoms with van der Waals surface area (Å²) in [7, 11) is 0. The molecule has 1 unspecified atom stereocenters. The summed E-state index contributed by atoms with van der Waals surface area (Å²) in [6.07, 6.45) is -5.39. The number of halogens is 3. The molecule has 1 atom stereocenters. The fourth-order valence-corrected chi connectivity index (χ4v) is 1.47. The molecule has 3 nitrogen and oxygen atoms in total. The molecule has 88 valence electrons. The van der Waals surface area contributed by atoms with Crippen molar-refractivity contribution in [1.82, 2.24) is 0 Å². The SMILES string of the molecule is CC(C)C1(CC(F)(F)F)N=NC(C)(C)O1. The fraction of sp³-hybridized carbons (Fsp3) is 1.00. The topological polar surface area (TPSA) is 34.0 Å². The molecular formula is C9H15F3N2O. The summed E-state index contributed by atoms with van der Waals surface area (Å²) in [5.74, 6) is -0.371. The van der Waals surface area contributed by atoms with Crippen molar-refractivity contribution in [2.75, 3.05) is 0 Å². The lowest BCUT2D eigenvalue weighted by Crippen LogP contribution is -2.41. The van der Waals surface area contributed by atoms with Crippen LogP contribution in [0.1, 0.15) is 34.1 Å². The first-order chi connectivity index (χ1) is 6.56. The van der Waals surface area contributed by atoms with Crippen molar-refractivity contribution in [1.29, 1.82) is 0 Å². The van der Waals surface area contributed by atoms with E-state index in [1.54, 1.807) is 27.7 Å². The summed E-state index contributed by atoms with van der Waals surface area (Å²) >= 11 is 0. The Morgan fingerprint density at radius 3 is 2.00 bits per heavy atom. The van der Waals surface area contributed by atoms with E-state index in [2.05, 4.69) is 10.2 Å². The van der Waals surface area contributed by atoms with Gasteiger partial charge in [-0.1, -0.05) is 13.8 Å². The van der Waals surface area contributed by atoms with E-state index >= 15 is 0 Å². The van der Waals surface area contributed by atoms with Gasteiger partial charge in [0.05, 0.1) is 6.42 Å². The van der Waals surface area contributed by atoms with E-state index in [1.807, 2.05) is 0 Å². The van der Waals surface area contributed by atoms with Gasteiger partial charge in [0, 0.05) is 5.92 Å². The highest BCUT2D eigenvalue weighted by atomic mass is 19.4. The molecule has 0 fully saturated rings. The minimum Gasteiger partial charge on any atom is -0.323 e. The first-order valence-corrected chi connectivity index (χ1v) is 4.77. The van der Waals surface area contributed by atoms with Gasteiger partial charge >= 0.3 is 6.18 Å². The molecule has 1 aliphatic rings. The Hall–Kier alpha value is -0.650. The highest BCUT2D eigenvalue weighted by Crippen LogP contribution is 2.43. The lowest BCUT2D eigenvalue weighted by Gasteiger charge is -2.31. The van der Waals surface area contributed by atoms with E-state index in [0.29, 0.717) is 0 Å². The third-order valence-corrected chi connectivity index (χ3v) is 2.24. The van der Waals surface area contributed by atoms with Crippen LogP contribution in [0.15, 0.2) is 10.2 Å². The van der Waals surface area contributed by atoms with Crippen LogP contribution in [0.2, 0.25) is 0 Å². The molecule has 1 heterocycles. The molecule has 0 N–H and O–H groups in total. The lowest BCUT2D eigenvalue weighted by atomic mass is 9.96. The van der Waals surface area contributed by atoms with Crippen molar-refractivity contribution in [3.8, 4) is 0 Å². The monoisotopic (exact) mass is 224 g/mol.